The predicted octanol–water partition coefficient (Wildman–Crippen LogP) is 7.33. The number of hydrogen-bond donors (Lipinski definition) is 0. The van der Waals surface area contributed by atoms with Gasteiger partial charge >= 0.3 is 0 Å². The van der Waals surface area contributed by atoms with E-state index in [1.807, 2.05) is 26.8 Å². The molecule has 31 heavy (non-hydrogen) atoms. The topological polar surface area (TPSA) is 35.0 Å². The third-order valence-electron chi connectivity index (χ3n) is 5.14. The summed E-state index contributed by atoms with van der Waals surface area (Å²) in [6.07, 6.45) is 4.35. The standard InChI is InChI=1S/C27H37FN2O/c1-10-21-15-19(6)16-23(27(8,9)28)26(21)31-13-11-12-24-29-20(7)22(14-17(2)3)25(30-24)18(4)5/h14-16H,4,10-13H2,1-3,5-9H3. The maximum atomic E-state index is 14.8. The van der Waals surface area contributed by atoms with Gasteiger partial charge in [-0.2, -0.15) is 0 Å². The second kappa shape index (κ2) is 10.2. The van der Waals surface area contributed by atoms with Crippen LogP contribution in [0.5, 0.6) is 5.75 Å². The number of rotatable bonds is 9. The van der Waals surface area contributed by atoms with Gasteiger partial charge in [-0.25, -0.2) is 14.4 Å². The zero-order chi connectivity index (χ0) is 23.3. The van der Waals surface area contributed by atoms with Crippen molar-refractivity contribution >= 4 is 11.6 Å². The smallest absolute Gasteiger partial charge is 0.134 e. The number of halogens is 1. The molecule has 0 aliphatic carbocycles. The van der Waals surface area contributed by atoms with Crippen LogP contribution in [0.2, 0.25) is 0 Å². The molecule has 0 saturated heterocycles. The van der Waals surface area contributed by atoms with Gasteiger partial charge in [0.05, 0.1) is 12.3 Å². The molecule has 0 radical (unpaired) electrons. The molecule has 2 rings (SSSR count). The summed E-state index contributed by atoms with van der Waals surface area (Å²) < 4.78 is 21.0. The fourth-order valence-corrected chi connectivity index (χ4v) is 3.67. The van der Waals surface area contributed by atoms with Crippen molar-refractivity contribution in [2.45, 2.75) is 80.3 Å². The average Bonchev–Trinajstić information content (AvgIpc) is 2.66. The van der Waals surface area contributed by atoms with Crippen LogP contribution < -0.4 is 4.74 Å². The van der Waals surface area contributed by atoms with Gasteiger partial charge in [0.15, 0.2) is 0 Å². The van der Waals surface area contributed by atoms with Crippen LogP contribution in [0.1, 0.15) is 87.4 Å². The molecule has 1 aromatic carbocycles. The number of allylic oxidation sites excluding steroid dienone is 2. The monoisotopic (exact) mass is 424 g/mol. The zero-order valence-corrected chi connectivity index (χ0v) is 20.4. The molecule has 0 amide bonds. The Bertz CT molecular complexity index is 980. The summed E-state index contributed by atoms with van der Waals surface area (Å²) in [4.78, 5) is 9.47. The highest BCUT2D eigenvalue weighted by Gasteiger charge is 2.25. The van der Waals surface area contributed by atoms with E-state index in [4.69, 9.17) is 14.7 Å². The van der Waals surface area contributed by atoms with E-state index in [0.29, 0.717) is 24.3 Å². The first kappa shape index (κ1) is 24.8. The molecular formula is C27H37FN2O. The van der Waals surface area contributed by atoms with Crippen molar-refractivity contribution in [3.63, 3.8) is 0 Å². The van der Waals surface area contributed by atoms with E-state index in [0.717, 1.165) is 52.3 Å². The van der Waals surface area contributed by atoms with Crippen LogP contribution in [0.15, 0.2) is 24.3 Å². The Balaban J connectivity index is 2.19. The third-order valence-corrected chi connectivity index (χ3v) is 5.14. The van der Waals surface area contributed by atoms with Crippen molar-refractivity contribution in [2.24, 2.45) is 0 Å². The van der Waals surface area contributed by atoms with Crippen molar-refractivity contribution in [1.29, 1.82) is 0 Å². The molecule has 2 aromatic rings. The number of alkyl halides is 1. The third kappa shape index (κ3) is 6.49. The van der Waals surface area contributed by atoms with Crippen LogP contribution in [-0.4, -0.2) is 16.6 Å². The van der Waals surface area contributed by atoms with E-state index in [-0.39, 0.29) is 0 Å². The molecule has 0 spiro atoms. The SMILES string of the molecule is C=C(C)c1nc(CCCOc2c(CC)cc(C)cc2C(C)(C)F)nc(C)c1C=C(C)C. The molecule has 168 valence electrons. The van der Waals surface area contributed by atoms with Gasteiger partial charge in [-0.3, -0.25) is 0 Å². The lowest BCUT2D eigenvalue weighted by Crippen LogP contribution is -2.15. The van der Waals surface area contributed by atoms with Crippen LogP contribution in [0.3, 0.4) is 0 Å². The fraction of sp³-hybridized carbons (Fsp3) is 0.481. The number of nitrogens with zero attached hydrogens (tertiary/aromatic N) is 2. The Kier molecular flexibility index (Phi) is 8.16. The quantitative estimate of drug-likeness (QED) is 0.395. The first-order valence-corrected chi connectivity index (χ1v) is 11.1. The van der Waals surface area contributed by atoms with Gasteiger partial charge in [0.25, 0.3) is 0 Å². The van der Waals surface area contributed by atoms with Crippen molar-refractivity contribution in [3.05, 3.63) is 63.8 Å². The molecule has 1 heterocycles. The van der Waals surface area contributed by atoms with Gasteiger partial charge in [-0.15, -0.1) is 0 Å². The highest BCUT2D eigenvalue weighted by molar-refractivity contribution is 5.71. The molecule has 0 fully saturated rings. The van der Waals surface area contributed by atoms with E-state index in [1.54, 1.807) is 13.8 Å². The first-order chi connectivity index (χ1) is 14.4. The highest BCUT2D eigenvalue weighted by atomic mass is 19.1. The fourth-order valence-electron chi connectivity index (χ4n) is 3.67. The van der Waals surface area contributed by atoms with Gasteiger partial charge in [0.1, 0.15) is 17.2 Å². The number of ether oxygens (including phenoxy) is 1. The Morgan fingerprint density at radius 3 is 2.39 bits per heavy atom. The second-order valence-corrected chi connectivity index (χ2v) is 9.07. The van der Waals surface area contributed by atoms with Crippen LogP contribution in [0.25, 0.3) is 11.6 Å². The lowest BCUT2D eigenvalue weighted by molar-refractivity contribution is 0.206. The van der Waals surface area contributed by atoms with Crippen LogP contribution in [-0.2, 0) is 18.5 Å². The largest absolute Gasteiger partial charge is 0.493 e. The molecule has 1 aromatic heterocycles. The summed E-state index contributed by atoms with van der Waals surface area (Å²) in [5, 5.41) is 0. The Labute approximate surface area is 187 Å². The molecular weight excluding hydrogens is 387 g/mol. The molecule has 0 saturated carbocycles. The average molecular weight is 425 g/mol. The maximum Gasteiger partial charge on any atom is 0.134 e. The minimum absolute atomic E-state index is 0.486. The summed E-state index contributed by atoms with van der Waals surface area (Å²) in [5.41, 5.74) is 6.28. The molecule has 0 bridgehead atoms. The van der Waals surface area contributed by atoms with Crippen LogP contribution >= 0.6 is 0 Å². The number of aryl methyl sites for hydroxylation is 4. The van der Waals surface area contributed by atoms with Gasteiger partial charge in [0.2, 0.25) is 0 Å². The maximum absolute atomic E-state index is 14.8. The van der Waals surface area contributed by atoms with Crippen molar-refractivity contribution < 1.29 is 9.13 Å². The van der Waals surface area contributed by atoms with Gasteiger partial charge in [-0.05, 0) is 78.5 Å². The van der Waals surface area contributed by atoms with Gasteiger partial charge in [-0.1, -0.05) is 36.8 Å². The van der Waals surface area contributed by atoms with E-state index in [1.165, 1.54) is 5.57 Å². The van der Waals surface area contributed by atoms with Gasteiger partial charge in [0, 0.05) is 23.2 Å². The molecule has 0 atom stereocenters. The first-order valence-electron chi connectivity index (χ1n) is 11.1. The van der Waals surface area contributed by atoms with Gasteiger partial charge < -0.3 is 4.74 Å². The normalized spacial score (nSPS) is 11.4. The molecule has 3 nitrogen and oxygen atoms in total. The van der Waals surface area contributed by atoms with Crippen molar-refractivity contribution in [3.8, 4) is 5.75 Å². The lowest BCUT2D eigenvalue weighted by atomic mass is 9.93. The molecule has 0 unspecified atom stereocenters. The number of aromatic nitrogens is 2. The summed E-state index contributed by atoms with van der Waals surface area (Å²) in [7, 11) is 0. The summed E-state index contributed by atoms with van der Waals surface area (Å²) >= 11 is 0. The Morgan fingerprint density at radius 2 is 1.84 bits per heavy atom. The lowest BCUT2D eigenvalue weighted by Gasteiger charge is -2.23. The summed E-state index contributed by atoms with van der Waals surface area (Å²) in [6.45, 7) is 19.9. The predicted molar refractivity (Wildman–Crippen MR) is 129 cm³/mol. The molecule has 0 N–H and O–H groups in total. The highest BCUT2D eigenvalue weighted by Crippen LogP contribution is 2.37. The number of hydrogen-bond acceptors (Lipinski definition) is 3. The molecule has 4 heteroatoms. The number of benzene rings is 1. The Morgan fingerprint density at radius 1 is 1.16 bits per heavy atom. The van der Waals surface area contributed by atoms with Crippen LogP contribution in [0.4, 0.5) is 4.39 Å². The summed E-state index contributed by atoms with van der Waals surface area (Å²) in [6, 6.07) is 3.97. The zero-order valence-electron chi connectivity index (χ0n) is 20.4. The minimum atomic E-state index is -1.46. The van der Waals surface area contributed by atoms with E-state index in [9.17, 15) is 4.39 Å². The van der Waals surface area contributed by atoms with Crippen LogP contribution in [0, 0.1) is 13.8 Å². The van der Waals surface area contributed by atoms with Crippen molar-refractivity contribution in [2.75, 3.05) is 6.61 Å². The summed E-state index contributed by atoms with van der Waals surface area (Å²) in [5.74, 6) is 1.47. The molecule has 0 aliphatic rings. The van der Waals surface area contributed by atoms with E-state index in [2.05, 4.69) is 39.5 Å². The Hall–Kier alpha value is -2.49. The van der Waals surface area contributed by atoms with E-state index >= 15 is 0 Å². The minimum Gasteiger partial charge on any atom is -0.493 e. The van der Waals surface area contributed by atoms with E-state index < -0.39 is 5.67 Å². The second-order valence-electron chi connectivity index (χ2n) is 9.07. The van der Waals surface area contributed by atoms with Crippen molar-refractivity contribution in [1.82, 2.24) is 9.97 Å². The molecule has 0 aliphatic heterocycles.